The molecular weight excluding hydrogens is 436 g/mol. The van der Waals surface area contributed by atoms with Crippen LogP contribution < -0.4 is 11.3 Å². The molecule has 0 radical (unpaired) electrons. The lowest BCUT2D eigenvalue weighted by molar-refractivity contribution is 0.871. The van der Waals surface area contributed by atoms with E-state index in [-0.39, 0.29) is 5.56 Å². The van der Waals surface area contributed by atoms with Crippen LogP contribution in [0.3, 0.4) is 0 Å². The Balaban J connectivity index is 1.76. The van der Waals surface area contributed by atoms with Gasteiger partial charge < -0.3 is 5.73 Å². The summed E-state index contributed by atoms with van der Waals surface area (Å²) in [5.74, 6) is 0.518. The van der Waals surface area contributed by atoms with Gasteiger partial charge in [0.15, 0.2) is 9.99 Å². The molecule has 0 atom stereocenters. The smallest absolute Gasteiger partial charge is 0.272 e. The van der Waals surface area contributed by atoms with E-state index < -0.39 is 0 Å². The summed E-state index contributed by atoms with van der Waals surface area (Å²) in [4.78, 5) is 17.2. The molecule has 7 nitrogen and oxygen atoms in total. The van der Waals surface area contributed by atoms with E-state index in [1.807, 2.05) is 31.2 Å². The summed E-state index contributed by atoms with van der Waals surface area (Å²) in [5, 5.41) is 11.3. The maximum Gasteiger partial charge on any atom is 0.272 e. The summed E-state index contributed by atoms with van der Waals surface area (Å²) in [6, 6.07) is 9.47. The lowest BCUT2D eigenvalue weighted by Crippen LogP contribution is -2.15. The van der Waals surface area contributed by atoms with Gasteiger partial charge in [0.05, 0.1) is 5.69 Å². The summed E-state index contributed by atoms with van der Waals surface area (Å²) in [7, 11) is 0. The van der Waals surface area contributed by atoms with Gasteiger partial charge in [-0.15, -0.1) is 10.2 Å². The Kier molecular flexibility index (Phi) is 4.55. The molecule has 0 bridgehead atoms. The van der Waals surface area contributed by atoms with E-state index in [0.29, 0.717) is 22.2 Å². The average Bonchev–Trinajstić information content (AvgIpc) is 3.17. The Morgan fingerprint density at radius 1 is 1.31 bits per heavy atom. The monoisotopic (exact) mass is 448 g/mol. The third-order valence-corrected chi connectivity index (χ3v) is 6.20. The van der Waals surface area contributed by atoms with Crippen LogP contribution in [0.1, 0.15) is 11.4 Å². The molecule has 4 aromatic rings. The van der Waals surface area contributed by atoms with E-state index in [0.717, 1.165) is 25.6 Å². The Morgan fingerprint density at radius 2 is 2.08 bits per heavy atom. The first-order valence-electron chi connectivity index (χ1n) is 7.60. The van der Waals surface area contributed by atoms with Crippen LogP contribution in [0, 0.1) is 6.92 Å². The zero-order chi connectivity index (χ0) is 18.3. The molecule has 26 heavy (non-hydrogen) atoms. The van der Waals surface area contributed by atoms with Crippen molar-refractivity contribution in [1.82, 2.24) is 24.8 Å². The van der Waals surface area contributed by atoms with Crippen LogP contribution in [-0.2, 0) is 5.75 Å². The van der Waals surface area contributed by atoms with Gasteiger partial charge in [-0.25, -0.2) is 9.50 Å². The van der Waals surface area contributed by atoms with Crippen LogP contribution in [-0.4, -0.2) is 24.8 Å². The molecule has 0 aliphatic rings. The van der Waals surface area contributed by atoms with Gasteiger partial charge in [-0.2, -0.15) is 0 Å². The van der Waals surface area contributed by atoms with Crippen molar-refractivity contribution in [3.05, 3.63) is 56.5 Å². The molecule has 1 aromatic carbocycles. The number of H-pyrrole nitrogens is 1. The number of aromatic nitrogens is 5. The molecular formula is C16H13BrN6OS2. The maximum atomic E-state index is 12.5. The average molecular weight is 449 g/mol. The lowest BCUT2D eigenvalue weighted by atomic mass is 10.1. The summed E-state index contributed by atoms with van der Waals surface area (Å²) < 4.78 is 3.23. The normalized spacial score (nSPS) is 11.3. The maximum absolute atomic E-state index is 12.5. The van der Waals surface area contributed by atoms with Crippen molar-refractivity contribution < 1.29 is 0 Å². The first-order valence-corrected chi connectivity index (χ1v) is 10.2. The highest BCUT2D eigenvalue weighted by Gasteiger charge is 2.15. The molecule has 4 rings (SSSR count). The number of nitrogens with zero attached hydrogens (tertiary/aromatic N) is 4. The number of nitrogens with one attached hydrogen (secondary N) is 1. The topological polar surface area (TPSA) is 102 Å². The van der Waals surface area contributed by atoms with Gasteiger partial charge in [0.2, 0.25) is 5.13 Å². The van der Waals surface area contributed by atoms with Crippen LogP contribution in [0.15, 0.2) is 43.9 Å². The second-order valence-electron chi connectivity index (χ2n) is 5.56. The second kappa shape index (κ2) is 6.86. The van der Waals surface area contributed by atoms with Crippen molar-refractivity contribution in [1.29, 1.82) is 0 Å². The number of halogens is 1. The zero-order valence-electron chi connectivity index (χ0n) is 13.6. The fraction of sp³-hybridized carbons (Fsp3) is 0.125. The minimum absolute atomic E-state index is 0.145. The molecule has 0 aliphatic heterocycles. The quantitative estimate of drug-likeness (QED) is 0.463. The minimum atomic E-state index is -0.145. The number of fused-ring (bicyclic) bond motifs is 1. The van der Waals surface area contributed by atoms with E-state index in [9.17, 15) is 4.79 Å². The van der Waals surface area contributed by atoms with E-state index in [1.165, 1.54) is 33.7 Å². The van der Waals surface area contributed by atoms with Crippen molar-refractivity contribution in [2.75, 3.05) is 5.73 Å². The zero-order valence-corrected chi connectivity index (χ0v) is 16.8. The molecule has 0 amide bonds. The van der Waals surface area contributed by atoms with Crippen LogP contribution in [0.25, 0.3) is 16.8 Å². The van der Waals surface area contributed by atoms with Crippen LogP contribution in [0.2, 0.25) is 0 Å². The largest absolute Gasteiger partial charge is 0.374 e. The molecule has 0 fully saturated rings. The molecule has 3 aromatic heterocycles. The van der Waals surface area contributed by atoms with Crippen LogP contribution >= 0.6 is 39.0 Å². The van der Waals surface area contributed by atoms with Crippen molar-refractivity contribution >= 4 is 49.8 Å². The first kappa shape index (κ1) is 17.3. The number of rotatable bonds is 4. The lowest BCUT2D eigenvalue weighted by Gasteiger charge is -2.03. The summed E-state index contributed by atoms with van der Waals surface area (Å²) in [5.41, 5.74) is 9.56. The SMILES string of the molecule is Cc1[nH]n2c(=O)cc(CSc3nnc(N)s3)nc2c1-c1ccc(Br)cc1. The predicted molar refractivity (Wildman–Crippen MR) is 108 cm³/mol. The molecule has 3 heterocycles. The second-order valence-corrected chi connectivity index (χ2v) is 8.71. The number of nitrogens with two attached hydrogens (primary N) is 1. The predicted octanol–water partition coefficient (Wildman–Crippen LogP) is 3.49. The van der Waals surface area contributed by atoms with Crippen LogP contribution in [0.4, 0.5) is 5.13 Å². The van der Waals surface area contributed by atoms with Gasteiger partial charge in [-0.3, -0.25) is 9.89 Å². The highest BCUT2D eigenvalue weighted by molar-refractivity contribution is 9.10. The molecule has 0 saturated heterocycles. The standard InChI is InChI=1S/C16H13BrN6OS2/c1-8-13(9-2-4-10(17)5-3-9)14-19-11(6-12(24)23(14)22-8)7-25-16-21-20-15(18)26-16/h2-6,22H,7H2,1H3,(H2,18,20). The van der Waals surface area contributed by atoms with Crippen molar-refractivity contribution in [3.63, 3.8) is 0 Å². The third kappa shape index (κ3) is 3.27. The fourth-order valence-electron chi connectivity index (χ4n) is 2.65. The number of hydrogen-bond donors (Lipinski definition) is 2. The minimum Gasteiger partial charge on any atom is -0.374 e. The summed E-state index contributed by atoms with van der Waals surface area (Å²) >= 11 is 6.22. The molecule has 0 unspecified atom stereocenters. The van der Waals surface area contributed by atoms with E-state index in [2.05, 4.69) is 31.2 Å². The van der Waals surface area contributed by atoms with E-state index >= 15 is 0 Å². The Bertz CT molecular complexity index is 1150. The molecule has 3 N–H and O–H groups in total. The highest BCUT2D eigenvalue weighted by Crippen LogP contribution is 2.29. The van der Waals surface area contributed by atoms with Gasteiger partial charge in [-0.1, -0.05) is 51.2 Å². The van der Waals surface area contributed by atoms with Crippen molar-refractivity contribution in [2.24, 2.45) is 0 Å². The van der Waals surface area contributed by atoms with Gasteiger partial charge in [0.1, 0.15) is 0 Å². The number of hydrogen-bond acceptors (Lipinski definition) is 7. The van der Waals surface area contributed by atoms with E-state index in [1.54, 1.807) is 0 Å². The van der Waals surface area contributed by atoms with Gasteiger partial charge in [0, 0.05) is 27.5 Å². The number of aromatic amines is 1. The highest BCUT2D eigenvalue weighted by atomic mass is 79.9. The molecule has 0 spiro atoms. The Morgan fingerprint density at radius 3 is 2.77 bits per heavy atom. The van der Waals surface area contributed by atoms with Gasteiger partial charge in [0.25, 0.3) is 5.56 Å². The number of benzene rings is 1. The Labute approximate surface area is 164 Å². The van der Waals surface area contributed by atoms with Crippen molar-refractivity contribution in [3.8, 4) is 11.1 Å². The van der Waals surface area contributed by atoms with Gasteiger partial charge in [-0.05, 0) is 24.6 Å². The number of thioether (sulfide) groups is 1. The van der Waals surface area contributed by atoms with Gasteiger partial charge >= 0.3 is 0 Å². The molecule has 132 valence electrons. The molecule has 0 aliphatic carbocycles. The number of aryl methyl sites for hydroxylation is 1. The summed E-state index contributed by atoms with van der Waals surface area (Å²) in [6.45, 7) is 1.93. The molecule has 0 saturated carbocycles. The van der Waals surface area contributed by atoms with E-state index in [4.69, 9.17) is 10.7 Å². The van der Waals surface area contributed by atoms with Crippen LogP contribution in [0.5, 0.6) is 0 Å². The summed E-state index contributed by atoms with van der Waals surface area (Å²) in [6.07, 6.45) is 0. The number of nitrogen functional groups attached to an aromatic ring is 1. The molecule has 10 heteroatoms. The third-order valence-electron chi connectivity index (χ3n) is 3.75. The Hall–Kier alpha value is -2.17. The first-order chi connectivity index (χ1) is 12.5. The fourth-order valence-corrected chi connectivity index (χ4v) is 4.44. The number of anilines is 1. The van der Waals surface area contributed by atoms with Crippen molar-refractivity contribution in [2.45, 2.75) is 17.0 Å².